The quantitative estimate of drug-likeness (QED) is 0.889. The van der Waals surface area contributed by atoms with E-state index in [-0.39, 0.29) is 6.10 Å². The van der Waals surface area contributed by atoms with Crippen LogP contribution in [-0.4, -0.2) is 27.9 Å². The molecule has 22 heavy (non-hydrogen) atoms. The van der Waals surface area contributed by atoms with Crippen LogP contribution in [0, 0.1) is 5.92 Å². The van der Waals surface area contributed by atoms with E-state index in [2.05, 4.69) is 40.8 Å². The van der Waals surface area contributed by atoms with Crippen LogP contribution in [0.4, 0.5) is 0 Å². The second-order valence-corrected chi connectivity index (χ2v) is 7.14. The first-order chi connectivity index (χ1) is 10.6. The summed E-state index contributed by atoms with van der Waals surface area (Å²) in [6.07, 6.45) is 5.24. The molecule has 0 unspecified atom stereocenters. The minimum atomic E-state index is 0.169. The molecular weight excluding hydrogens is 296 g/mol. The summed E-state index contributed by atoms with van der Waals surface area (Å²) in [5.74, 6) is 1.02. The molecular formula is C16H24N4OS. The third-order valence-electron chi connectivity index (χ3n) is 4.04. The Morgan fingerprint density at radius 1 is 1.50 bits per heavy atom. The van der Waals surface area contributed by atoms with Crippen molar-refractivity contribution < 1.29 is 4.74 Å². The Hall–Kier alpha value is -1.24. The maximum Gasteiger partial charge on any atom is 0.0954 e. The number of nitrogens with zero attached hydrogens (tertiary/aromatic N) is 3. The third-order valence-corrected chi connectivity index (χ3v) is 5.24. The van der Waals surface area contributed by atoms with Crippen molar-refractivity contribution in [1.29, 1.82) is 0 Å². The van der Waals surface area contributed by atoms with Crippen LogP contribution in [0.2, 0.25) is 0 Å². The van der Waals surface area contributed by atoms with Gasteiger partial charge in [0.15, 0.2) is 0 Å². The van der Waals surface area contributed by atoms with Crippen molar-refractivity contribution in [3.63, 3.8) is 0 Å². The summed E-state index contributed by atoms with van der Waals surface area (Å²) < 4.78 is 7.73. The van der Waals surface area contributed by atoms with Crippen molar-refractivity contribution in [1.82, 2.24) is 20.1 Å². The maximum absolute atomic E-state index is 5.90. The monoisotopic (exact) mass is 320 g/mol. The Bertz CT molecular complexity index is 607. The summed E-state index contributed by atoms with van der Waals surface area (Å²) in [6.45, 7) is 6.99. The first kappa shape index (κ1) is 15.6. The molecule has 6 heteroatoms. The van der Waals surface area contributed by atoms with Gasteiger partial charge in [0.1, 0.15) is 0 Å². The first-order valence-corrected chi connectivity index (χ1v) is 8.76. The Kier molecular flexibility index (Phi) is 4.90. The van der Waals surface area contributed by atoms with Crippen molar-refractivity contribution in [2.75, 3.05) is 13.2 Å². The normalized spacial score (nSPS) is 21.8. The number of thiazole rings is 1. The van der Waals surface area contributed by atoms with Crippen LogP contribution < -0.4 is 5.32 Å². The fourth-order valence-electron chi connectivity index (χ4n) is 2.85. The first-order valence-electron chi connectivity index (χ1n) is 7.88. The Labute approximate surface area is 135 Å². The lowest BCUT2D eigenvalue weighted by Crippen LogP contribution is -2.24. The fraction of sp³-hybridized carbons (Fsp3) is 0.625. The number of nitrogens with one attached hydrogen (secondary N) is 1. The Balaban J connectivity index is 1.52. The lowest BCUT2D eigenvalue weighted by molar-refractivity contribution is 0.0904. The van der Waals surface area contributed by atoms with Crippen molar-refractivity contribution in [2.24, 2.45) is 13.0 Å². The predicted molar refractivity (Wildman–Crippen MR) is 87.9 cm³/mol. The smallest absolute Gasteiger partial charge is 0.0954 e. The molecule has 0 aliphatic carbocycles. The summed E-state index contributed by atoms with van der Waals surface area (Å²) >= 11 is 1.75. The predicted octanol–water partition coefficient (Wildman–Crippen LogP) is 2.87. The fourth-order valence-corrected chi connectivity index (χ4v) is 3.69. The highest BCUT2D eigenvalue weighted by atomic mass is 32.1. The molecule has 3 heterocycles. The van der Waals surface area contributed by atoms with Gasteiger partial charge in [-0.1, -0.05) is 13.8 Å². The van der Waals surface area contributed by atoms with Gasteiger partial charge in [0.2, 0.25) is 0 Å². The van der Waals surface area contributed by atoms with E-state index in [1.165, 1.54) is 10.6 Å². The maximum atomic E-state index is 5.90. The van der Waals surface area contributed by atoms with Gasteiger partial charge >= 0.3 is 0 Å². The van der Waals surface area contributed by atoms with Crippen molar-refractivity contribution >= 4 is 11.3 Å². The zero-order valence-electron chi connectivity index (χ0n) is 13.5. The van der Waals surface area contributed by atoms with E-state index in [1.54, 1.807) is 11.3 Å². The molecule has 0 bridgehead atoms. The van der Waals surface area contributed by atoms with Gasteiger partial charge < -0.3 is 10.1 Å². The molecule has 120 valence electrons. The molecule has 0 amide bonds. The molecule has 5 nitrogen and oxygen atoms in total. The zero-order valence-corrected chi connectivity index (χ0v) is 14.3. The highest BCUT2D eigenvalue weighted by Crippen LogP contribution is 2.33. The summed E-state index contributed by atoms with van der Waals surface area (Å²) in [5, 5.41) is 11.2. The van der Waals surface area contributed by atoms with Crippen LogP contribution in [0.3, 0.4) is 0 Å². The summed E-state index contributed by atoms with van der Waals surface area (Å²) in [7, 11) is 1.94. The summed E-state index contributed by atoms with van der Waals surface area (Å²) in [6, 6.07) is 0. The topological polar surface area (TPSA) is 52.0 Å². The molecule has 2 aromatic heterocycles. The van der Waals surface area contributed by atoms with Crippen molar-refractivity contribution in [2.45, 2.75) is 38.8 Å². The molecule has 2 aromatic rings. The molecule has 1 fully saturated rings. The second-order valence-electron chi connectivity index (χ2n) is 6.25. The molecule has 0 aromatic carbocycles. The number of aryl methyl sites for hydroxylation is 1. The largest absolute Gasteiger partial charge is 0.373 e. The van der Waals surface area contributed by atoms with E-state index >= 15 is 0 Å². The number of ether oxygens (including phenoxy) is 1. The summed E-state index contributed by atoms with van der Waals surface area (Å²) in [5.41, 5.74) is 2.33. The van der Waals surface area contributed by atoms with E-state index in [4.69, 9.17) is 4.74 Å². The van der Waals surface area contributed by atoms with E-state index in [1.807, 2.05) is 17.9 Å². The second kappa shape index (κ2) is 6.89. The van der Waals surface area contributed by atoms with Crippen LogP contribution in [0.15, 0.2) is 17.8 Å². The van der Waals surface area contributed by atoms with Crippen molar-refractivity contribution in [3.05, 3.63) is 34.0 Å². The van der Waals surface area contributed by atoms with Crippen molar-refractivity contribution in [3.8, 4) is 0 Å². The molecule has 2 atom stereocenters. The average molecular weight is 320 g/mol. The van der Waals surface area contributed by atoms with Crippen LogP contribution in [0.1, 0.15) is 48.6 Å². The Morgan fingerprint density at radius 2 is 2.36 bits per heavy atom. The van der Waals surface area contributed by atoms with Gasteiger partial charge in [0.25, 0.3) is 0 Å². The highest BCUT2D eigenvalue weighted by Gasteiger charge is 2.30. The van der Waals surface area contributed by atoms with E-state index in [0.717, 1.165) is 31.8 Å². The van der Waals surface area contributed by atoms with E-state index in [9.17, 15) is 0 Å². The SMILES string of the molecule is CC(C)c1nc(CNC[C@@H]2CCO[C@H]2c2cnn(C)c2)cs1. The molecule has 0 spiro atoms. The summed E-state index contributed by atoms with van der Waals surface area (Å²) in [4.78, 5) is 4.67. The van der Waals surface area contributed by atoms with Gasteiger partial charge in [-0.2, -0.15) is 5.10 Å². The molecule has 1 aliphatic heterocycles. The van der Waals surface area contributed by atoms with E-state index in [0.29, 0.717) is 11.8 Å². The minimum Gasteiger partial charge on any atom is -0.373 e. The number of hydrogen-bond donors (Lipinski definition) is 1. The van der Waals surface area contributed by atoms with Gasteiger partial charge in [-0.05, 0) is 6.42 Å². The van der Waals surface area contributed by atoms with Gasteiger partial charge in [-0.25, -0.2) is 4.98 Å². The van der Waals surface area contributed by atoms with Crippen LogP contribution >= 0.6 is 11.3 Å². The molecule has 0 radical (unpaired) electrons. The van der Waals surface area contributed by atoms with Crippen LogP contribution in [0.5, 0.6) is 0 Å². The van der Waals surface area contributed by atoms with Crippen LogP contribution in [-0.2, 0) is 18.3 Å². The molecule has 1 saturated heterocycles. The highest BCUT2D eigenvalue weighted by molar-refractivity contribution is 7.09. The number of hydrogen-bond acceptors (Lipinski definition) is 5. The standard InChI is InChI=1S/C16H24N4OS/c1-11(2)16-19-14(10-22-16)8-17-6-12-4-5-21-15(12)13-7-18-20(3)9-13/h7,9-12,15,17H,4-6,8H2,1-3H3/t12-,15+/m0/s1. The number of aromatic nitrogens is 3. The number of rotatable bonds is 6. The molecule has 1 aliphatic rings. The third kappa shape index (κ3) is 3.56. The van der Waals surface area contributed by atoms with Gasteiger partial charge in [-0.15, -0.1) is 11.3 Å². The minimum absolute atomic E-state index is 0.169. The average Bonchev–Trinajstić information content (AvgIpc) is 3.18. The van der Waals surface area contributed by atoms with Gasteiger partial charge in [0, 0.05) is 55.7 Å². The lowest BCUT2D eigenvalue weighted by Gasteiger charge is -2.17. The van der Waals surface area contributed by atoms with Crippen LogP contribution in [0.25, 0.3) is 0 Å². The lowest BCUT2D eigenvalue weighted by atomic mass is 9.97. The molecule has 0 saturated carbocycles. The van der Waals surface area contributed by atoms with E-state index < -0.39 is 0 Å². The van der Waals surface area contributed by atoms with Gasteiger partial charge in [0.05, 0.1) is 23.0 Å². The molecule has 3 rings (SSSR count). The van der Waals surface area contributed by atoms with Gasteiger partial charge in [-0.3, -0.25) is 4.68 Å². The zero-order chi connectivity index (χ0) is 15.5. The Morgan fingerprint density at radius 3 is 3.05 bits per heavy atom. The molecule has 1 N–H and O–H groups in total.